The summed E-state index contributed by atoms with van der Waals surface area (Å²) in [7, 11) is 0. The first-order valence-electron chi connectivity index (χ1n) is 8.06. The van der Waals surface area contributed by atoms with Crippen molar-refractivity contribution in [3.05, 3.63) is 79.9 Å². The largest absolute Gasteiger partial charge is 0.475 e. The van der Waals surface area contributed by atoms with Crippen molar-refractivity contribution in [2.45, 2.75) is 6.92 Å². The molecule has 0 unspecified atom stereocenters. The number of esters is 1. The summed E-state index contributed by atoms with van der Waals surface area (Å²) in [6.45, 7) is 1.69. The van der Waals surface area contributed by atoms with Crippen molar-refractivity contribution >= 4 is 34.9 Å². The number of rotatable bonds is 7. The number of nitro benzene ring substituents is 2. The Morgan fingerprint density at radius 3 is 1.47 bits per heavy atom. The molecular formula is C18H14N2O10. The fourth-order valence-corrected chi connectivity index (χ4v) is 1.91. The topological polar surface area (TPSA) is 184 Å². The van der Waals surface area contributed by atoms with Gasteiger partial charge in [0.25, 0.3) is 22.9 Å². The van der Waals surface area contributed by atoms with Crippen LogP contribution in [0.25, 0.3) is 0 Å². The molecule has 0 spiro atoms. The summed E-state index contributed by atoms with van der Waals surface area (Å²) in [6, 6.07) is 9.13. The molecule has 0 heterocycles. The van der Waals surface area contributed by atoms with E-state index in [-0.39, 0.29) is 29.1 Å². The standard InChI is InChI=1S/C10H9NO5.C8H5NO5/c1-2-16-10(13)9(12)7-3-5-8(6-4-7)11(14)15;10-7(8(11)12)5-1-3-6(4-2-5)9(13)14/h3-6H,2H2,1H3;1-4H,(H,11,12). The molecule has 0 bridgehead atoms. The lowest BCUT2D eigenvalue weighted by atomic mass is 10.1. The van der Waals surface area contributed by atoms with Crippen LogP contribution in [0.5, 0.6) is 0 Å². The number of Topliss-reactive ketones (excluding diaryl/α,β-unsaturated/α-hetero) is 2. The lowest BCUT2D eigenvalue weighted by Gasteiger charge is -2.00. The van der Waals surface area contributed by atoms with E-state index < -0.39 is 33.4 Å². The Hall–Kier alpha value is -4.48. The van der Waals surface area contributed by atoms with Gasteiger partial charge in [-0.3, -0.25) is 29.8 Å². The Labute approximate surface area is 168 Å². The monoisotopic (exact) mass is 418 g/mol. The van der Waals surface area contributed by atoms with Gasteiger partial charge in [0.2, 0.25) is 0 Å². The second-order valence-electron chi connectivity index (χ2n) is 5.29. The molecule has 30 heavy (non-hydrogen) atoms. The molecule has 2 rings (SSSR count). The molecule has 12 heteroatoms. The van der Waals surface area contributed by atoms with Gasteiger partial charge < -0.3 is 9.84 Å². The van der Waals surface area contributed by atoms with Gasteiger partial charge in [-0.1, -0.05) is 0 Å². The minimum atomic E-state index is -1.58. The van der Waals surface area contributed by atoms with Gasteiger partial charge in [0.05, 0.1) is 16.5 Å². The molecule has 0 fully saturated rings. The van der Waals surface area contributed by atoms with Crippen LogP contribution in [0, 0.1) is 20.2 Å². The third-order valence-electron chi connectivity index (χ3n) is 3.34. The summed E-state index contributed by atoms with van der Waals surface area (Å²) in [6.07, 6.45) is 0. The average Bonchev–Trinajstić information content (AvgIpc) is 2.73. The van der Waals surface area contributed by atoms with Crippen LogP contribution in [0.3, 0.4) is 0 Å². The highest BCUT2D eigenvalue weighted by molar-refractivity contribution is 6.40. The maximum atomic E-state index is 11.4. The zero-order valence-electron chi connectivity index (χ0n) is 15.3. The quantitative estimate of drug-likeness (QED) is 0.230. The van der Waals surface area contributed by atoms with Crippen LogP contribution in [0.2, 0.25) is 0 Å². The summed E-state index contributed by atoms with van der Waals surface area (Å²) in [5, 5.41) is 28.9. The Morgan fingerprint density at radius 2 is 1.17 bits per heavy atom. The zero-order chi connectivity index (χ0) is 22.8. The number of nitro groups is 2. The Balaban J connectivity index is 0.000000303. The van der Waals surface area contributed by atoms with Crippen LogP contribution in [-0.2, 0) is 14.3 Å². The van der Waals surface area contributed by atoms with E-state index in [0.29, 0.717) is 0 Å². The average molecular weight is 418 g/mol. The zero-order valence-corrected chi connectivity index (χ0v) is 15.3. The smallest absolute Gasteiger partial charge is 0.379 e. The molecule has 0 radical (unpaired) electrons. The van der Waals surface area contributed by atoms with Crippen LogP contribution < -0.4 is 0 Å². The molecule has 0 aromatic heterocycles. The molecule has 0 atom stereocenters. The van der Waals surface area contributed by atoms with Crippen molar-refractivity contribution < 1.29 is 38.9 Å². The van der Waals surface area contributed by atoms with Gasteiger partial charge in [-0.15, -0.1) is 0 Å². The molecule has 0 saturated carbocycles. The van der Waals surface area contributed by atoms with Gasteiger partial charge in [0.15, 0.2) is 0 Å². The third-order valence-corrected chi connectivity index (χ3v) is 3.34. The summed E-state index contributed by atoms with van der Waals surface area (Å²) >= 11 is 0. The molecule has 1 N–H and O–H groups in total. The van der Waals surface area contributed by atoms with Gasteiger partial charge in [0, 0.05) is 35.4 Å². The third kappa shape index (κ3) is 6.60. The van der Waals surface area contributed by atoms with E-state index >= 15 is 0 Å². The lowest BCUT2D eigenvalue weighted by Crippen LogP contribution is -2.17. The van der Waals surface area contributed by atoms with Gasteiger partial charge >= 0.3 is 11.9 Å². The van der Waals surface area contributed by atoms with E-state index in [1.54, 1.807) is 6.92 Å². The Bertz CT molecular complexity index is 981. The first-order chi connectivity index (χ1) is 14.1. The number of aliphatic carboxylic acids is 1. The second-order valence-corrected chi connectivity index (χ2v) is 5.29. The number of benzene rings is 2. The molecule has 0 amide bonds. The first-order valence-corrected chi connectivity index (χ1v) is 8.06. The number of nitrogens with zero attached hydrogens (tertiary/aromatic N) is 2. The number of hydrogen-bond acceptors (Lipinski definition) is 9. The predicted molar refractivity (Wildman–Crippen MR) is 99.1 cm³/mol. The first kappa shape index (κ1) is 23.6. The normalized spacial score (nSPS) is 9.50. The van der Waals surface area contributed by atoms with Crippen molar-refractivity contribution in [3.8, 4) is 0 Å². The molecule has 2 aromatic carbocycles. The summed E-state index contributed by atoms with van der Waals surface area (Å²) < 4.78 is 4.51. The van der Waals surface area contributed by atoms with Crippen molar-refractivity contribution in [3.63, 3.8) is 0 Å². The number of carboxylic acid groups (broad SMARTS) is 1. The van der Waals surface area contributed by atoms with Crippen LogP contribution in [0.4, 0.5) is 11.4 Å². The van der Waals surface area contributed by atoms with E-state index in [4.69, 9.17) is 5.11 Å². The Kier molecular flexibility index (Phi) is 8.44. The molecular weight excluding hydrogens is 404 g/mol. The molecule has 2 aromatic rings. The van der Waals surface area contributed by atoms with Gasteiger partial charge in [-0.05, 0) is 31.2 Å². The van der Waals surface area contributed by atoms with Gasteiger partial charge in [-0.25, -0.2) is 9.59 Å². The van der Waals surface area contributed by atoms with Crippen molar-refractivity contribution in [1.29, 1.82) is 0 Å². The van der Waals surface area contributed by atoms with E-state index in [2.05, 4.69) is 4.74 Å². The lowest BCUT2D eigenvalue weighted by molar-refractivity contribution is -0.385. The predicted octanol–water partition coefficient (Wildman–Crippen LogP) is 2.20. The van der Waals surface area contributed by atoms with E-state index in [9.17, 15) is 39.4 Å². The van der Waals surface area contributed by atoms with Crippen LogP contribution >= 0.6 is 0 Å². The van der Waals surface area contributed by atoms with Crippen LogP contribution in [0.1, 0.15) is 27.6 Å². The Morgan fingerprint density at radius 1 is 0.800 bits per heavy atom. The van der Waals surface area contributed by atoms with Gasteiger partial charge in [0.1, 0.15) is 0 Å². The summed E-state index contributed by atoms with van der Waals surface area (Å²) in [4.78, 5) is 62.9. The minimum Gasteiger partial charge on any atom is -0.475 e. The summed E-state index contributed by atoms with van der Waals surface area (Å²) in [5.74, 6) is -4.44. The number of carboxylic acids is 1. The maximum absolute atomic E-state index is 11.4. The molecule has 0 aliphatic carbocycles. The maximum Gasteiger partial charge on any atom is 0.379 e. The van der Waals surface area contributed by atoms with Crippen LogP contribution in [0.15, 0.2) is 48.5 Å². The highest BCUT2D eigenvalue weighted by Crippen LogP contribution is 2.13. The second kappa shape index (κ2) is 10.8. The fourth-order valence-electron chi connectivity index (χ4n) is 1.91. The molecule has 0 aliphatic heterocycles. The van der Waals surface area contributed by atoms with Crippen molar-refractivity contribution in [2.75, 3.05) is 6.61 Å². The minimum absolute atomic E-state index is 0.0732. The fraction of sp³-hybridized carbons (Fsp3) is 0.111. The molecule has 0 aliphatic rings. The van der Waals surface area contributed by atoms with Gasteiger partial charge in [-0.2, -0.15) is 0 Å². The number of non-ortho nitro benzene ring substituents is 2. The molecule has 0 saturated heterocycles. The molecule has 156 valence electrons. The van der Waals surface area contributed by atoms with E-state index in [1.807, 2.05) is 0 Å². The summed E-state index contributed by atoms with van der Waals surface area (Å²) in [5.41, 5.74) is -0.334. The highest BCUT2D eigenvalue weighted by atomic mass is 16.6. The number of ether oxygens (including phenoxy) is 1. The van der Waals surface area contributed by atoms with Crippen LogP contribution in [-0.4, -0.2) is 45.1 Å². The number of carbonyl (C=O) groups is 4. The molecule has 12 nitrogen and oxygen atoms in total. The number of carbonyl (C=O) groups excluding carboxylic acids is 3. The number of hydrogen-bond donors (Lipinski definition) is 1. The SMILES string of the molecule is CCOC(=O)C(=O)c1ccc([N+](=O)[O-])cc1.O=C(O)C(=O)c1ccc([N+](=O)[O-])cc1. The highest BCUT2D eigenvalue weighted by Gasteiger charge is 2.18. The van der Waals surface area contributed by atoms with E-state index in [0.717, 1.165) is 36.4 Å². The van der Waals surface area contributed by atoms with E-state index in [1.165, 1.54) is 12.1 Å². The van der Waals surface area contributed by atoms with Crippen molar-refractivity contribution in [1.82, 2.24) is 0 Å². The number of ketones is 2. The van der Waals surface area contributed by atoms with Crippen molar-refractivity contribution in [2.24, 2.45) is 0 Å².